The number of piperidine rings is 1. The first-order valence-corrected chi connectivity index (χ1v) is 9.00. The van der Waals surface area contributed by atoms with E-state index in [2.05, 4.69) is 15.9 Å². The van der Waals surface area contributed by atoms with Gasteiger partial charge in [0.15, 0.2) is 6.29 Å². The van der Waals surface area contributed by atoms with Gasteiger partial charge in [0.1, 0.15) is 5.75 Å². The molecule has 2 aliphatic heterocycles. The maximum Gasteiger partial charge on any atom is 0.246 e. The lowest BCUT2D eigenvalue weighted by Gasteiger charge is -2.34. The number of amides is 1. The first-order valence-electron chi connectivity index (χ1n) is 8.21. The fourth-order valence-electron chi connectivity index (χ4n) is 3.18. The van der Waals surface area contributed by atoms with Crippen LogP contribution in [-0.2, 0) is 14.3 Å². The van der Waals surface area contributed by atoms with E-state index in [1.165, 1.54) is 0 Å². The second-order valence-electron chi connectivity index (χ2n) is 6.02. The molecular weight excluding hydrogens is 374 g/mol. The number of rotatable bonds is 4. The van der Waals surface area contributed by atoms with E-state index in [1.54, 1.807) is 19.3 Å². The summed E-state index contributed by atoms with van der Waals surface area (Å²) in [6.07, 6.45) is 5.28. The molecule has 6 heteroatoms. The van der Waals surface area contributed by atoms with Gasteiger partial charge in [-0.2, -0.15) is 0 Å². The Balaban J connectivity index is 1.64. The normalized spacial score (nSPS) is 22.2. The van der Waals surface area contributed by atoms with Crippen molar-refractivity contribution >= 4 is 27.9 Å². The number of likely N-dealkylation sites (tertiary alicyclic amines) is 1. The van der Waals surface area contributed by atoms with Crippen LogP contribution in [-0.4, -0.2) is 50.5 Å². The summed E-state index contributed by atoms with van der Waals surface area (Å²) in [4.78, 5) is 14.4. The molecule has 130 valence electrons. The summed E-state index contributed by atoms with van der Waals surface area (Å²) >= 11 is 3.44. The highest BCUT2D eigenvalue weighted by Crippen LogP contribution is 2.26. The van der Waals surface area contributed by atoms with Crippen molar-refractivity contribution in [2.45, 2.75) is 19.1 Å². The average Bonchev–Trinajstić information content (AvgIpc) is 3.14. The fraction of sp³-hybridized carbons (Fsp3) is 0.500. The lowest BCUT2D eigenvalue weighted by molar-refractivity contribution is -0.134. The van der Waals surface area contributed by atoms with Gasteiger partial charge in [-0.05, 0) is 37.1 Å². The van der Waals surface area contributed by atoms with E-state index in [0.717, 1.165) is 35.2 Å². The van der Waals surface area contributed by atoms with Crippen molar-refractivity contribution in [2.24, 2.45) is 5.92 Å². The number of benzene rings is 1. The van der Waals surface area contributed by atoms with Gasteiger partial charge < -0.3 is 19.1 Å². The topological polar surface area (TPSA) is 48.0 Å². The molecule has 2 heterocycles. The summed E-state index contributed by atoms with van der Waals surface area (Å²) in [5.41, 5.74) is 0.872. The quantitative estimate of drug-likeness (QED) is 0.734. The summed E-state index contributed by atoms with van der Waals surface area (Å²) in [6.45, 7) is 2.76. The minimum Gasteiger partial charge on any atom is -0.496 e. The van der Waals surface area contributed by atoms with Crippen LogP contribution >= 0.6 is 15.9 Å². The van der Waals surface area contributed by atoms with E-state index in [0.29, 0.717) is 19.8 Å². The van der Waals surface area contributed by atoms with Crippen LogP contribution in [0.5, 0.6) is 5.75 Å². The van der Waals surface area contributed by atoms with E-state index >= 15 is 0 Å². The fourth-order valence-corrected chi connectivity index (χ4v) is 3.56. The molecule has 1 amide bonds. The van der Waals surface area contributed by atoms with Crippen molar-refractivity contribution < 1.29 is 19.0 Å². The largest absolute Gasteiger partial charge is 0.496 e. The van der Waals surface area contributed by atoms with Gasteiger partial charge in [0.25, 0.3) is 0 Å². The number of nitrogens with zero attached hydrogens (tertiary/aromatic N) is 1. The molecule has 0 aromatic heterocycles. The van der Waals surface area contributed by atoms with Crippen molar-refractivity contribution in [3.05, 3.63) is 34.3 Å². The Hall–Kier alpha value is -1.37. The highest BCUT2D eigenvalue weighted by atomic mass is 79.9. The van der Waals surface area contributed by atoms with E-state index in [1.807, 2.05) is 23.1 Å². The van der Waals surface area contributed by atoms with Crippen LogP contribution in [0.3, 0.4) is 0 Å². The zero-order valence-corrected chi connectivity index (χ0v) is 15.3. The number of hydrogen-bond donors (Lipinski definition) is 0. The van der Waals surface area contributed by atoms with Gasteiger partial charge in [0, 0.05) is 35.1 Å². The standard InChI is InChI=1S/C18H22BrNO4/c1-22-16-6-5-15(19)11-13(16)4-7-17(21)20-8-2-3-14(12-20)18-23-9-10-24-18/h4-7,11,14,18H,2-3,8-10,12H2,1H3/b7-4+. The first kappa shape index (κ1) is 17.5. The molecule has 0 N–H and O–H groups in total. The molecular formula is C18H22BrNO4. The van der Waals surface area contributed by atoms with Gasteiger partial charge in [-0.1, -0.05) is 15.9 Å². The minimum atomic E-state index is -0.158. The van der Waals surface area contributed by atoms with Crippen LogP contribution < -0.4 is 4.74 Å². The molecule has 0 bridgehead atoms. The van der Waals surface area contributed by atoms with Crippen molar-refractivity contribution in [1.82, 2.24) is 4.90 Å². The zero-order valence-electron chi connectivity index (χ0n) is 13.7. The van der Waals surface area contributed by atoms with Crippen molar-refractivity contribution in [1.29, 1.82) is 0 Å². The third-order valence-corrected chi connectivity index (χ3v) is 4.89. The monoisotopic (exact) mass is 395 g/mol. The average molecular weight is 396 g/mol. The Bertz CT molecular complexity index is 613. The second-order valence-corrected chi connectivity index (χ2v) is 6.93. The lowest BCUT2D eigenvalue weighted by Crippen LogP contribution is -2.43. The van der Waals surface area contributed by atoms with Crippen molar-refractivity contribution in [2.75, 3.05) is 33.4 Å². The van der Waals surface area contributed by atoms with Gasteiger partial charge in [-0.3, -0.25) is 4.79 Å². The summed E-state index contributed by atoms with van der Waals surface area (Å²) in [7, 11) is 1.62. The van der Waals surface area contributed by atoms with Crippen molar-refractivity contribution in [3.8, 4) is 5.75 Å². The first-order chi connectivity index (χ1) is 11.7. The summed E-state index contributed by atoms with van der Waals surface area (Å²) in [5, 5.41) is 0. The minimum absolute atomic E-state index is 0.0136. The molecule has 1 aromatic rings. The number of hydrogen-bond acceptors (Lipinski definition) is 4. The lowest BCUT2D eigenvalue weighted by atomic mass is 9.97. The predicted octanol–water partition coefficient (Wildman–Crippen LogP) is 3.08. The maximum atomic E-state index is 12.5. The molecule has 1 unspecified atom stereocenters. The highest BCUT2D eigenvalue weighted by molar-refractivity contribution is 9.10. The SMILES string of the molecule is COc1ccc(Br)cc1/C=C/C(=O)N1CCCC(C2OCCO2)C1. The van der Waals surface area contributed by atoms with Gasteiger partial charge >= 0.3 is 0 Å². The van der Waals surface area contributed by atoms with E-state index in [9.17, 15) is 4.79 Å². The van der Waals surface area contributed by atoms with E-state index < -0.39 is 0 Å². The molecule has 0 radical (unpaired) electrons. The van der Waals surface area contributed by atoms with Crippen LogP contribution in [0.25, 0.3) is 6.08 Å². The molecule has 1 atom stereocenters. The Kier molecular flexibility index (Phi) is 5.92. The highest BCUT2D eigenvalue weighted by Gasteiger charge is 2.32. The third kappa shape index (κ3) is 4.18. The summed E-state index contributed by atoms with van der Waals surface area (Å²) in [5.74, 6) is 1.02. The van der Waals surface area contributed by atoms with Crippen LogP contribution in [0, 0.1) is 5.92 Å². The molecule has 0 saturated carbocycles. The molecule has 3 rings (SSSR count). The molecule has 1 aromatic carbocycles. The Morgan fingerprint density at radius 2 is 2.17 bits per heavy atom. The molecule has 2 saturated heterocycles. The molecule has 2 aliphatic rings. The van der Waals surface area contributed by atoms with Crippen LogP contribution in [0.1, 0.15) is 18.4 Å². The molecule has 0 aliphatic carbocycles. The smallest absolute Gasteiger partial charge is 0.246 e. The van der Waals surface area contributed by atoms with Crippen LogP contribution in [0.2, 0.25) is 0 Å². The second kappa shape index (κ2) is 8.14. The maximum absolute atomic E-state index is 12.5. The van der Waals surface area contributed by atoms with Crippen LogP contribution in [0.15, 0.2) is 28.7 Å². The molecule has 24 heavy (non-hydrogen) atoms. The summed E-state index contributed by atoms with van der Waals surface area (Å²) < 4.78 is 17.5. The van der Waals surface area contributed by atoms with Gasteiger partial charge in [0.05, 0.1) is 20.3 Å². The van der Waals surface area contributed by atoms with Gasteiger partial charge in [0.2, 0.25) is 5.91 Å². The Morgan fingerprint density at radius 1 is 1.38 bits per heavy atom. The number of halogens is 1. The van der Waals surface area contributed by atoms with E-state index in [4.69, 9.17) is 14.2 Å². The van der Waals surface area contributed by atoms with Crippen molar-refractivity contribution in [3.63, 3.8) is 0 Å². The number of methoxy groups -OCH3 is 1. The van der Waals surface area contributed by atoms with Gasteiger partial charge in [-0.15, -0.1) is 0 Å². The number of ether oxygens (including phenoxy) is 3. The molecule has 0 spiro atoms. The van der Waals surface area contributed by atoms with Crippen LogP contribution in [0.4, 0.5) is 0 Å². The van der Waals surface area contributed by atoms with E-state index in [-0.39, 0.29) is 18.1 Å². The predicted molar refractivity (Wildman–Crippen MR) is 94.7 cm³/mol. The Labute approximate surface area is 150 Å². The number of carbonyl (C=O) groups excluding carboxylic acids is 1. The molecule has 2 fully saturated rings. The molecule has 5 nitrogen and oxygen atoms in total. The summed E-state index contributed by atoms with van der Waals surface area (Å²) in [6, 6.07) is 5.72. The number of carbonyl (C=O) groups is 1. The Morgan fingerprint density at radius 3 is 2.92 bits per heavy atom. The zero-order chi connectivity index (χ0) is 16.9. The third-order valence-electron chi connectivity index (χ3n) is 4.40. The van der Waals surface area contributed by atoms with Gasteiger partial charge in [-0.25, -0.2) is 0 Å².